The number of carbonyl (C=O) groups is 1. The number of pyridine rings is 1. The second-order valence-corrected chi connectivity index (χ2v) is 7.59. The van der Waals surface area contributed by atoms with E-state index in [0.29, 0.717) is 10.6 Å². The summed E-state index contributed by atoms with van der Waals surface area (Å²) in [6.45, 7) is 5.56. The molecule has 1 atom stereocenters. The maximum absolute atomic E-state index is 12.4. The molecule has 1 unspecified atom stereocenters. The van der Waals surface area contributed by atoms with Gasteiger partial charge in [0.1, 0.15) is 11.0 Å². The Morgan fingerprint density at radius 3 is 2.62 bits per heavy atom. The van der Waals surface area contributed by atoms with Crippen molar-refractivity contribution in [1.29, 1.82) is 0 Å². The largest absolute Gasteiger partial charge is 0.503 e. The smallest absolute Gasteiger partial charge is 0.272 e. The molecule has 1 amide bonds. The summed E-state index contributed by atoms with van der Waals surface area (Å²) in [6.07, 6.45) is 0. The van der Waals surface area contributed by atoms with Crippen LogP contribution in [0, 0.1) is 6.92 Å². The standard InChI is InChI=1S/C18H23N3O4S/c1-11(2)20-18(24)16-17(23)15(22)9-13(21(16)4)10-19-26(25)14-7-5-6-12(3)8-14/h5-9,11,19,23H,10H2,1-4H3,(H,20,24). The fraction of sp³-hybridized carbons (Fsp3) is 0.333. The summed E-state index contributed by atoms with van der Waals surface area (Å²) in [7, 11) is 0.101. The van der Waals surface area contributed by atoms with Crippen molar-refractivity contribution in [1.82, 2.24) is 14.6 Å². The van der Waals surface area contributed by atoms with Crippen LogP contribution in [0.15, 0.2) is 40.0 Å². The lowest BCUT2D eigenvalue weighted by molar-refractivity contribution is 0.0930. The number of aromatic nitrogens is 1. The summed E-state index contributed by atoms with van der Waals surface area (Å²) in [6, 6.07) is 8.35. The molecule has 0 aliphatic carbocycles. The molecule has 0 saturated heterocycles. The van der Waals surface area contributed by atoms with E-state index in [2.05, 4.69) is 10.0 Å². The van der Waals surface area contributed by atoms with Crippen LogP contribution in [-0.4, -0.2) is 25.8 Å². The maximum Gasteiger partial charge on any atom is 0.272 e. The second-order valence-electron chi connectivity index (χ2n) is 6.29. The van der Waals surface area contributed by atoms with Gasteiger partial charge in [-0.25, -0.2) is 8.93 Å². The van der Waals surface area contributed by atoms with E-state index in [9.17, 15) is 18.9 Å². The maximum atomic E-state index is 12.4. The molecule has 3 N–H and O–H groups in total. The van der Waals surface area contributed by atoms with E-state index in [1.807, 2.05) is 19.1 Å². The van der Waals surface area contributed by atoms with Gasteiger partial charge in [0.2, 0.25) is 5.43 Å². The van der Waals surface area contributed by atoms with Gasteiger partial charge in [0.25, 0.3) is 5.91 Å². The van der Waals surface area contributed by atoms with Crippen molar-refractivity contribution >= 4 is 16.9 Å². The van der Waals surface area contributed by atoms with Gasteiger partial charge in [-0.1, -0.05) is 12.1 Å². The van der Waals surface area contributed by atoms with E-state index >= 15 is 0 Å². The van der Waals surface area contributed by atoms with Gasteiger partial charge in [0.05, 0.1) is 4.90 Å². The number of hydrogen-bond donors (Lipinski definition) is 3. The quantitative estimate of drug-likeness (QED) is 0.707. The summed E-state index contributed by atoms with van der Waals surface area (Å²) in [4.78, 5) is 24.9. The van der Waals surface area contributed by atoms with Crippen LogP contribution in [0.3, 0.4) is 0 Å². The molecular weight excluding hydrogens is 354 g/mol. The normalized spacial score (nSPS) is 12.2. The fourth-order valence-electron chi connectivity index (χ4n) is 2.45. The fourth-order valence-corrected chi connectivity index (χ4v) is 3.39. The third-order valence-corrected chi connectivity index (χ3v) is 4.83. The third kappa shape index (κ3) is 4.59. The molecule has 0 spiro atoms. The van der Waals surface area contributed by atoms with Gasteiger partial charge < -0.3 is 15.0 Å². The molecule has 26 heavy (non-hydrogen) atoms. The second kappa shape index (κ2) is 8.29. The highest BCUT2D eigenvalue weighted by Gasteiger charge is 2.20. The van der Waals surface area contributed by atoms with Gasteiger partial charge in [0.15, 0.2) is 11.4 Å². The number of hydrogen-bond acceptors (Lipinski definition) is 4. The topological polar surface area (TPSA) is 100 Å². The van der Waals surface area contributed by atoms with Gasteiger partial charge in [-0.05, 0) is 38.5 Å². The van der Waals surface area contributed by atoms with Crippen molar-refractivity contribution in [2.45, 2.75) is 38.3 Å². The Hall–Kier alpha value is -2.45. The number of nitrogens with one attached hydrogen (secondary N) is 2. The minimum absolute atomic E-state index is 0.0918. The van der Waals surface area contributed by atoms with Crippen molar-refractivity contribution < 1.29 is 14.1 Å². The lowest BCUT2D eigenvalue weighted by atomic mass is 10.2. The minimum Gasteiger partial charge on any atom is -0.503 e. The highest BCUT2D eigenvalue weighted by Crippen LogP contribution is 2.14. The van der Waals surface area contributed by atoms with Crippen LogP contribution in [-0.2, 0) is 24.6 Å². The van der Waals surface area contributed by atoms with Crippen molar-refractivity contribution in [3.8, 4) is 5.75 Å². The molecule has 0 radical (unpaired) electrons. The number of nitrogens with zero attached hydrogens (tertiary/aromatic N) is 1. The lowest BCUT2D eigenvalue weighted by Gasteiger charge is -2.17. The van der Waals surface area contributed by atoms with Crippen molar-refractivity contribution in [3.05, 3.63) is 57.5 Å². The van der Waals surface area contributed by atoms with Crippen LogP contribution in [0.2, 0.25) is 0 Å². The van der Waals surface area contributed by atoms with Crippen LogP contribution in [0.1, 0.15) is 35.6 Å². The molecule has 2 aromatic rings. The first-order valence-electron chi connectivity index (χ1n) is 8.15. The van der Waals surface area contributed by atoms with E-state index in [4.69, 9.17) is 0 Å². The predicted molar refractivity (Wildman–Crippen MR) is 100 cm³/mol. The van der Waals surface area contributed by atoms with Crippen molar-refractivity contribution in [2.24, 2.45) is 7.05 Å². The summed E-state index contributed by atoms with van der Waals surface area (Å²) in [5.41, 5.74) is 0.643. The molecule has 0 bridgehead atoms. The molecule has 0 aliphatic heterocycles. The van der Waals surface area contributed by atoms with Crippen LogP contribution >= 0.6 is 0 Å². The Morgan fingerprint density at radius 1 is 1.31 bits per heavy atom. The lowest BCUT2D eigenvalue weighted by Crippen LogP contribution is -2.34. The SMILES string of the molecule is Cc1cccc(S(=O)NCc2cc(=O)c(O)c(C(=O)NC(C)C)n2C)c1. The van der Waals surface area contributed by atoms with Crippen LogP contribution < -0.4 is 15.5 Å². The van der Waals surface area contributed by atoms with Gasteiger partial charge >= 0.3 is 0 Å². The van der Waals surface area contributed by atoms with Crippen LogP contribution in [0.25, 0.3) is 0 Å². The average molecular weight is 377 g/mol. The van der Waals surface area contributed by atoms with E-state index in [1.54, 1.807) is 33.0 Å². The zero-order valence-corrected chi connectivity index (χ0v) is 16.0. The minimum atomic E-state index is -1.47. The molecule has 0 fully saturated rings. The highest BCUT2D eigenvalue weighted by molar-refractivity contribution is 7.83. The molecule has 1 aromatic heterocycles. The summed E-state index contributed by atoms with van der Waals surface area (Å²) in [5, 5.41) is 12.7. The Labute approximate surface area is 154 Å². The molecule has 0 saturated carbocycles. The molecule has 0 aliphatic rings. The predicted octanol–water partition coefficient (Wildman–Crippen LogP) is 1.35. The first kappa shape index (κ1) is 19.9. The van der Waals surface area contributed by atoms with Gasteiger partial charge in [-0.2, -0.15) is 0 Å². The van der Waals surface area contributed by atoms with E-state index in [0.717, 1.165) is 5.56 Å². The Morgan fingerprint density at radius 2 is 2.00 bits per heavy atom. The van der Waals surface area contributed by atoms with Gasteiger partial charge in [-0.15, -0.1) is 0 Å². The van der Waals surface area contributed by atoms with Crippen molar-refractivity contribution in [3.63, 3.8) is 0 Å². The Bertz CT molecular complexity index is 906. The van der Waals surface area contributed by atoms with E-state index < -0.39 is 28.1 Å². The molecule has 1 heterocycles. The number of aryl methyl sites for hydroxylation is 1. The average Bonchev–Trinajstić information content (AvgIpc) is 2.56. The summed E-state index contributed by atoms with van der Waals surface area (Å²) >= 11 is 0. The highest BCUT2D eigenvalue weighted by atomic mass is 32.2. The van der Waals surface area contributed by atoms with E-state index in [-0.39, 0.29) is 18.3 Å². The molecular formula is C18H23N3O4S. The number of benzene rings is 1. The van der Waals surface area contributed by atoms with E-state index in [1.165, 1.54) is 10.6 Å². The molecule has 7 nitrogen and oxygen atoms in total. The number of aromatic hydroxyl groups is 1. The van der Waals surface area contributed by atoms with Crippen molar-refractivity contribution in [2.75, 3.05) is 0 Å². The zero-order valence-electron chi connectivity index (χ0n) is 15.2. The van der Waals surface area contributed by atoms with Gasteiger partial charge in [0, 0.05) is 31.4 Å². The van der Waals surface area contributed by atoms with Crippen LogP contribution in [0.4, 0.5) is 0 Å². The Balaban J connectivity index is 2.27. The molecule has 2 rings (SSSR count). The number of carbonyl (C=O) groups excluding carboxylic acids is 1. The Kier molecular flexibility index (Phi) is 6.33. The monoisotopic (exact) mass is 377 g/mol. The summed E-state index contributed by atoms with van der Waals surface area (Å²) < 4.78 is 16.6. The first-order chi connectivity index (χ1) is 12.2. The third-order valence-electron chi connectivity index (χ3n) is 3.74. The molecule has 1 aromatic carbocycles. The number of amides is 1. The van der Waals surface area contributed by atoms with Gasteiger partial charge in [-0.3, -0.25) is 9.59 Å². The first-order valence-corrected chi connectivity index (χ1v) is 9.30. The summed E-state index contributed by atoms with van der Waals surface area (Å²) in [5.74, 6) is -1.15. The molecule has 140 valence electrons. The molecule has 8 heteroatoms. The zero-order chi connectivity index (χ0) is 19.4. The number of rotatable bonds is 6. The van der Waals surface area contributed by atoms with Crippen LogP contribution in [0.5, 0.6) is 5.75 Å².